The van der Waals surface area contributed by atoms with Crippen LogP contribution < -0.4 is 4.74 Å². The van der Waals surface area contributed by atoms with Crippen LogP contribution in [-0.2, 0) is 0 Å². The molecule has 27 heavy (non-hydrogen) atoms. The Labute approximate surface area is 156 Å². The van der Waals surface area contributed by atoms with E-state index >= 15 is 0 Å². The second kappa shape index (κ2) is 7.46. The number of hydrogen-bond donors (Lipinski definition) is 0. The first-order chi connectivity index (χ1) is 13.3. The van der Waals surface area contributed by atoms with Gasteiger partial charge in [-0.2, -0.15) is 10.2 Å². The Bertz CT molecular complexity index is 1090. The first-order valence-electron chi connectivity index (χ1n) is 8.37. The van der Waals surface area contributed by atoms with Gasteiger partial charge < -0.3 is 4.74 Å². The van der Waals surface area contributed by atoms with E-state index in [0.29, 0.717) is 28.7 Å². The molecule has 0 N–H and O–H groups in total. The van der Waals surface area contributed by atoms with Crippen molar-refractivity contribution in [2.24, 2.45) is 0 Å². The number of nitriles is 1. The Hall–Kier alpha value is -4.04. The van der Waals surface area contributed by atoms with E-state index in [0.717, 1.165) is 11.1 Å². The van der Waals surface area contributed by atoms with Crippen LogP contribution in [0, 0.1) is 11.3 Å². The molecule has 0 atom stereocenters. The van der Waals surface area contributed by atoms with Gasteiger partial charge in [0.2, 0.25) is 5.88 Å². The molecule has 5 nitrogen and oxygen atoms in total. The number of aromatic nitrogens is 3. The summed E-state index contributed by atoms with van der Waals surface area (Å²) in [5.74, 6) is 1.42. The molecule has 0 spiro atoms. The molecule has 0 amide bonds. The standard InChI is InChI=1S/C22H14N4O/c23-15-16-11-13-19(14-12-16)27-22-20(17-7-3-1-4-8-17)25-26-21(24-22)18-9-5-2-6-10-18/h1-14H. The van der Waals surface area contributed by atoms with Crippen LogP contribution in [0.1, 0.15) is 5.56 Å². The molecule has 0 fully saturated rings. The van der Waals surface area contributed by atoms with Crippen molar-refractivity contribution in [3.8, 4) is 40.3 Å². The van der Waals surface area contributed by atoms with Crippen molar-refractivity contribution in [1.82, 2.24) is 15.2 Å². The molecule has 4 aromatic rings. The fraction of sp³-hybridized carbons (Fsp3) is 0. The first kappa shape index (κ1) is 16.4. The Morgan fingerprint density at radius 2 is 1.33 bits per heavy atom. The van der Waals surface area contributed by atoms with Crippen molar-refractivity contribution < 1.29 is 4.74 Å². The molecule has 3 aromatic carbocycles. The Kier molecular flexibility index (Phi) is 4.54. The molecule has 0 saturated carbocycles. The number of nitrogens with zero attached hydrogens (tertiary/aromatic N) is 4. The van der Waals surface area contributed by atoms with Crippen LogP contribution in [0.3, 0.4) is 0 Å². The summed E-state index contributed by atoms with van der Waals surface area (Å²) in [6.07, 6.45) is 0. The van der Waals surface area contributed by atoms with Crippen LogP contribution in [0.2, 0.25) is 0 Å². The maximum Gasteiger partial charge on any atom is 0.250 e. The molecular formula is C22H14N4O. The lowest BCUT2D eigenvalue weighted by Crippen LogP contribution is -2.00. The highest BCUT2D eigenvalue weighted by molar-refractivity contribution is 5.66. The van der Waals surface area contributed by atoms with E-state index in [1.54, 1.807) is 24.3 Å². The monoisotopic (exact) mass is 350 g/mol. The van der Waals surface area contributed by atoms with Gasteiger partial charge in [0.25, 0.3) is 0 Å². The summed E-state index contributed by atoms with van der Waals surface area (Å²) in [5, 5.41) is 17.6. The van der Waals surface area contributed by atoms with Crippen molar-refractivity contribution in [2.45, 2.75) is 0 Å². The average molecular weight is 350 g/mol. The van der Waals surface area contributed by atoms with Crippen LogP contribution >= 0.6 is 0 Å². The minimum Gasteiger partial charge on any atom is -0.437 e. The Morgan fingerprint density at radius 3 is 1.96 bits per heavy atom. The number of benzene rings is 3. The van der Waals surface area contributed by atoms with Gasteiger partial charge >= 0.3 is 0 Å². The van der Waals surface area contributed by atoms with Gasteiger partial charge in [-0.15, -0.1) is 10.2 Å². The van der Waals surface area contributed by atoms with Gasteiger partial charge in [-0.25, -0.2) is 0 Å². The van der Waals surface area contributed by atoms with Crippen molar-refractivity contribution in [1.29, 1.82) is 5.26 Å². The van der Waals surface area contributed by atoms with Gasteiger partial charge in [-0.1, -0.05) is 60.7 Å². The van der Waals surface area contributed by atoms with E-state index in [2.05, 4.69) is 21.3 Å². The molecule has 0 unspecified atom stereocenters. The molecule has 128 valence electrons. The van der Waals surface area contributed by atoms with E-state index < -0.39 is 0 Å². The van der Waals surface area contributed by atoms with E-state index in [9.17, 15) is 0 Å². The van der Waals surface area contributed by atoms with Crippen molar-refractivity contribution in [2.75, 3.05) is 0 Å². The summed E-state index contributed by atoms with van der Waals surface area (Å²) in [5.41, 5.74) is 2.84. The lowest BCUT2D eigenvalue weighted by atomic mass is 10.1. The lowest BCUT2D eigenvalue weighted by Gasteiger charge is -2.10. The van der Waals surface area contributed by atoms with Crippen LogP contribution in [0.15, 0.2) is 84.9 Å². The molecule has 0 saturated heterocycles. The smallest absolute Gasteiger partial charge is 0.250 e. The summed E-state index contributed by atoms with van der Waals surface area (Å²) in [6, 6.07) is 28.2. The number of rotatable bonds is 4. The fourth-order valence-corrected chi connectivity index (χ4v) is 2.58. The molecule has 4 rings (SSSR count). The largest absolute Gasteiger partial charge is 0.437 e. The summed E-state index contributed by atoms with van der Waals surface area (Å²) < 4.78 is 6.00. The third-order valence-electron chi connectivity index (χ3n) is 3.93. The van der Waals surface area contributed by atoms with Crippen molar-refractivity contribution in [3.05, 3.63) is 90.5 Å². The third kappa shape index (κ3) is 3.65. The zero-order valence-electron chi connectivity index (χ0n) is 14.3. The van der Waals surface area contributed by atoms with Crippen LogP contribution in [0.4, 0.5) is 0 Å². The maximum absolute atomic E-state index is 8.95. The van der Waals surface area contributed by atoms with Crippen LogP contribution in [-0.4, -0.2) is 15.2 Å². The topological polar surface area (TPSA) is 71.7 Å². The van der Waals surface area contributed by atoms with Gasteiger partial charge in [0.15, 0.2) is 11.5 Å². The second-order valence-corrected chi connectivity index (χ2v) is 5.76. The number of hydrogen-bond acceptors (Lipinski definition) is 5. The molecule has 1 aromatic heterocycles. The third-order valence-corrected chi connectivity index (χ3v) is 3.93. The lowest BCUT2D eigenvalue weighted by molar-refractivity contribution is 0.460. The molecule has 0 aliphatic heterocycles. The predicted molar refractivity (Wildman–Crippen MR) is 102 cm³/mol. The highest BCUT2D eigenvalue weighted by Gasteiger charge is 2.15. The van der Waals surface area contributed by atoms with Crippen LogP contribution in [0.5, 0.6) is 11.6 Å². The molecule has 0 aliphatic carbocycles. The van der Waals surface area contributed by atoms with Crippen molar-refractivity contribution >= 4 is 0 Å². The Balaban J connectivity index is 1.78. The maximum atomic E-state index is 8.95. The molecule has 1 heterocycles. The summed E-state index contributed by atoms with van der Waals surface area (Å²) in [7, 11) is 0. The highest BCUT2D eigenvalue weighted by atomic mass is 16.5. The van der Waals surface area contributed by atoms with Gasteiger partial charge in [-0.05, 0) is 24.3 Å². The van der Waals surface area contributed by atoms with E-state index in [-0.39, 0.29) is 0 Å². The SMILES string of the molecule is N#Cc1ccc(Oc2nc(-c3ccccc3)nnc2-c2ccccc2)cc1. The summed E-state index contributed by atoms with van der Waals surface area (Å²) in [4.78, 5) is 4.60. The zero-order valence-corrected chi connectivity index (χ0v) is 14.3. The van der Waals surface area contributed by atoms with Gasteiger partial charge in [0.05, 0.1) is 11.6 Å². The molecule has 5 heteroatoms. The molecule has 0 bridgehead atoms. The van der Waals surface area contributed by atoms with Crippen molar-refractivity contribution in [3.63, 3.8) is 0 Å². The van der Waals surface area contributed by atoms with E-state index in [4.69, 9.17) is 10.00 Å². The predicted octanol–water partition coefficient (Wildman–Crippen LogP) is 4.87. The molecular weight excluding hydrogens is 336 g/mol. The van der Waals surface area contributed by atoms with E-state index in [1.165, 1.54) is 0 Å². The zero-order chi connectivity index (χ0) is 18.5. The second-order valence-electron chi connectivity index (χ2n) is 5.76. The normalized spacial score (nSPS) is 10.2. The average Bonchev–Trinajstić information content (AvgIpc) is 2.75. The quantitative estimate of drug-likeness (QED) is 0.525. The highest BCUT2D eigenvalue weighted by Crippen LogP contribution is 2.31. The van der Waals surface area contributed by atoms with Gasteiger partial charge in [0.1, 0.15) is 5.75 Å². The van der Waals surface area contributed by atoms with Gasteiger partial charge in [0, 0.05) is 11.1 Å². The first-order valence-corrected chi connectivity index (χ1v) is 8.37. The minimum atomic E-state index is 0.361. The molecule has 0 radical (unpaired) electrons. The Morgan fingerprint density at radius 1 is 0.704 bits per heavy atom. The number of ether oxygens (including phenoxy) is 1. The molecule has 0 aliphatic rings. The van der Waals surface area contributed by atoms with Crippen LogP contribution in [0.25, 0.3) is 22.6 Å². The summed E-state index contributed by atoms with van der Waals surface area (Å²) >= 11 is 0. The minimum absolute atomic E-state index is 0.361. The summed E-state index contributed by atoms with van der Waals surface area (Å²) in [6.45, 7) is 0. The van der Waals surface area contributed by atoms with E-state index in [1.807, 2.05) is 60.7 Å². The fourth-order valence-electron chi connectivity index (χ4n) is 2.58. The van der Waals surface area contributed by atoms with Gasteiger partial charge in [-0.3, -0.25) is 0 Å².